The molecule has 3 rings (SSSR count). The summed E-state index contributed by atoms with van der Waals surface area (Å²) in [5, 5.41) is 0. The van der Waals surface area contributed by atoms with Crippen LogP contribution in [-0.2, 0) is 14.3 Å². The zero-order valence-electron chi connectivity index (χ0n) is 12.3. The van der Waals surface area contributed by atoms with Crippen LogP contribution in [0.25, 0.3) is 0 Å². The van der Waals surface area contributed by atoms with Gasteiger partial charge in [-0.05, 0) is 25.2 Å². The van der Waals surface area contributed by atoms with Crippen molar-refractivity contribution in [1.29, 1.82) is 0 Å². The minimum Gasteiger partial charge on any atom is -0.381 e. The van der Waals surface area contributed by atoms with E-state index < -0.39 is 0 Å². The summed E-state index contributed by atoms with van der Waals surface area (Å²) in [5.74, 6) is 1.20. The van der Waals surface area contributed by atoms with Crippen LogP contribution < -0.4 is 0 Å². The number of hydrogen-bond donors (Lipinski definition) is 0. The van der Waals surface area contributed by atoms with Crippen molar-refractivity contribution in [2.45, 2.75) is 19.3 Å². The number of likely N-dealkylation sites (tertiary alicyclic amines) is 1. The molecule has 20 heavy (non-hydrogen) atoms. The number of amides is 1. The highest BCUT2D eigenvalue weighted by atomic mass is 16.5. The Morgan fingerprint density at radius 1 is 0.950 bits per heavy atom. The Kier molecular flexibility index (Phi) is 4.91. The molecule has 0 aromatic heterocycles. The molecule has 1 atom stereocenters. The molecule has 114 valence electrons. The van der Waals surface area contributed by atoms with Crippen LogP contribution in [0.2, 0.25) is 0 Å². The average molecular weight is 282 g/mol. The average Bonchev–Trinajstić information content (AvgIpc) is 3.03. The Balaban J connectivity index is 1.40. The Morgan fingerprint density at radius 2 is 1.70 bits per heavy atom. The summed E-state index contributed by atoms with van der Waals surface area (Å²) in [6, 6.07) is 0. The first kappa shape index (κ1) is 14.3. The van der Waals surface area contributed by atoms with Gasteiger partial charge in [-0.15, -0.1) is 0 Å². The summed E-state index contributed by atoms with van der Waals surface area (Å²) in [6.07, 6.45) is 3.21. The minimum absolute atomic E-state index is 0.130. The topological polar surface area (TPSA) is 42.0 Å². The lowest BCUT2D eigenvalue weighted by Gasteiger charge is -2.36. The Labute approximate surface area is 121 Å². The number of carbonyl (C=O) groups excluding carboxylic acids is 1. The lowest BCUT2D eigenvalue weighted by Crippen LogP contribution is -2.45. The molecule has 5 nitrogen and oxygen atoms in total. The second-order valence-electron chi connectivity index (χ2n) is 6.24. The maximum Gasteiger partial charge on any atom is 0.228 e. The zero-order chi connectivity index (χ0) is 13.8. The molecular weight excluding hydrogens is 256 g/mol. The van der Waals surface area contributed by atoms with Gasteiger partial charge in [-0.2, -0.15) is 0 Å². The molecule has 0 aromatic rings. The molecule has 0 radical (unpaired) electrons. The predicted octanol–water partition coefficient (Wildman–Crippen LogP) is 0.594. The summed E-state index contributed by atoms with van der Waals surface area (Å²) in [7, 11) is 0. The molecule has 0 unspecified atom stereocenters. The second kappa shape index (κ2) is 6.87. The van der Waals surface area contributed by atoms with E-state index in [9.17, 15) is 4.79 Å². The van der Waals surface area contributed by atoms with Gasteiger partial charge in [0.2, 0.25) is 5.91 Å². The molecule has 0 spiro atoms. The third-order valence-corrected chi connectivity index (χ3v) is 4.83. The fourth-order valence-electron chi connectivity index (χ4n) is 3.47. The van der Waals surface area contributed by atoms with Gasteiger partial charge in [0.05, 0.1) is 25.7 Å². The fourth-order valence-corrected chi connectivity index (χ4v) is 3.47. The summed E-state index contributed by atoms with van der Waals surface area (Å²) >= 11 is 0. The number of nitrogens with zero attached hydrogens (tertiary/aromatic N) is 2. The molecule has 0 saturated carbocycles. The molecule has 3 saturated heterocycles. The van der Waals surface area contributed by atoms with Gasteiger partial charge >= 0.3 is 0 Å². The molecule has 0 bridgehead atoms. The quantitative estimate of drug-likeness (QED) is 0.760. The first-order valence-corrected chi connectivity index (χ1v) is 7.99. The molecule has 1 amide bonds. The van der Waals surface area contributed by atoms with Crippen LogP contribution in [0.5, 0.6) is 0 Å². The van der Waals surface area contributed by atoms with Crippen LogP contribution in [0.4, 0.5) is 0 Å². The molecule has 0 aromatic carbocycles. The number of hydrogen-bond acceptors (Lipinski definition) is 4. The van der Waals surface area contributed by atoms with E-state index in [1.165, 1.54) is 6.54 Å². The standard InChI is InChI=1S/C15H26N2O3/c18-15(14-3-8-20-12-14)17-4-1-13(2-5-17)11-16-6-9-19-10-7-16/h13-14H,1-12H2/t14-/m0/s1. The van der Waals surface area contributed by atoms with Crippen LogP contribution in [0.3, 0.4) is 0 Å². The van der Waals surface area contributed by atoms with Crippen molar-refractivity contribution >= 4 is 5.91 Å². The number of rotatable bonds is 3. The lowest BCUT2D eigenvalue weighted by molar-refractivity contribution is -0.137. The first-order chi connectivity index (χ1) is 9.83. The van der Waals surface area contributed by atoms with Crippen molar-refractivity contribution in [2.75, 3.05) is 59.2 Å². The molecule has 0 aliphatic carbocycles. The highest BCUT2D eigenvalue weighted by Crippen LogP contribution is 2.22. The van der Waals surface area contributed by atoms with Crippen LogP contribution >= 0.6 is 0 Å². The summed E-state index contributed by atoms with van der Waals surface area (Å²) in [5.41, 5.74) is 0. The monoisotopic (exact) mass is 282 g/mol. The highest BCUT2D eigenvalue weighted by molar-refractivity contribution is 5.79. The number of ether oxygens (including phenoxy) is 2. The normalized spacial score (nSPS) is 29.8. The van der Waals surface area contributed by atoms with Gasteiger partial charge in [0, 0.05) is 39.3 Å². The fraction of sp³-hybridized carbons (Fsp3) is 0.933. The van der Waals surface area contributed by atoms with E-state index in [1.54, 1.807) is 0 Å². The van der Waals surface area contributed by atoms with Crippen molar-refractivity contribution in [3.8, 4) is 0 Å². The van der Waals surface area contributed by atoms with E-state index in [0.29, 0.717) is 12.5 Å². The molecule has 3 heterocycles. The van der Waals surface area contributed by atoms with E-state index in [1.807, 2.05) is 0 Å². The number of carbonyl (C=O) groups is 1. The van der Waals surface area contributed by atoms with Crippen LogP contribution in [0.15, 0.2) is 0 Å². The third kappa shape index (κ3) is 3.51. The molecule has 3 aliphatic heterocycles. The predicted molar refractivity (Wildman–Crippen MR) is 75.5 cm³/mol. The number of morpholine rings is 1. The van der Waals surface area contributed by atoms with Crippen LogP contribution in [0, 0.1) is 11.8 Å². The minimum atomic E-state index is 0.130. The van der Waals surface area contributed by atoms with Gasteiger partial charge in [-0.25, -0.2) is 0 Å². The van der Waals surface area contributed by atoms with Crippen LogP contribution in [0.1, 0.15) is 19.3 Å². The van der Waals surface area contributed by atoms with Crippen molar-refractivity contribution in [2.24, 2.45) is 11.8 Å². The Bertz CT molecular complexity index is 317. The molecule has 0 N–H and O–H groups in total. The molecule has 3 aliphatic rings. The maximum atomic E-state index is 12.3. The van der Waals surface area contributed by atoms with Crippen molar-refractivity contribution in [3.05, 3.63) is 0 Å². The summed E-state index contributed by atoms with van der Waals surface area (Å²) < 4.78 is 10.7. The van der Waals surface area contributed by atoms with Crippen molar-refractivity contribution < 1.29 is 14.3 Å². The smallest absolute Gasteiger partial charge is 0.228 e. The van der Waals surface area contributed by atoms with E-state index in [4.69, 9.17) is 9.47 Å². The number of piperidine rings is 1. The highest BCUT2D eigenvalue weighted by Gasteiger charge is 2.31. The SMILES string of the molecule is O=C([C@H]1CCOC1)N1CCC(CN2CCOCC2)CC1. The second-order valence-corrected chi connectivity index (χ2v) is 6.24. The van der Waals surface area contributed by atoms with Gasteiger partial charge in [-0.3, -0.25) is 9.69 Å². The summed E-state index contributed by atoms with van der Waals surface area (Å²) in [4.78, 5) is 16.9. The molecule has 5 heteroatoms. The third-order valence-electron chi connectivity index (χ3n) is 4.83. The first-order valence-electron chi connectivity index (χ1n) is 7.99. The molecular formula is C15H26N2O3. The van der Waals surface area contributed by atoms with E-state index in [2.05, 4.69) is 9.80 Å². The van der Waals surface area contributed by atoms with Gasteiger partial charge in [0.15, 0.2) is 0 Å². The largest absolute Gasteiger partial charge is 0.381 e. The zero-order valence-corrected chi connectivity index (χ0v) is 12.3. The van der Waals surface area contributed by atoms with Gasteiger partial charge in [0.1, 0.15) is 0 Å². The van der Waals surface area contributed by atoms with Gasteiger partial charge in [-0.1, -0.05) is 0 Å². The summed E-state index contributed by atoms with van der Waals surface area (Å²) in [6.45, 7) is 8.32. The van der Waals surface area contributed by atoms with Crippen molar-refractivity contribution in [1.82, 2.24) is 9.80 Å². The lowest BCUT2D eigenvalue weighted by atomic mass is 9.94. The maximum absolute atomic E-state index is 12.3. The van der Waals surface area contributed by atoms with E-state index >= 15 is 0 Å². The Morgan fingerprint density at radius 3 is 2.35 bits per heavy atom. The molecule has 3 fully saturated rings. The Hall–Kier alpha value is -0.650. The van der Waals surface area contributed by atoms with Crippen molar-refractivity contribution in [3.63, 3.8) is 0 Å². The van der Waals surface area contributed by atoms with Crippen LogP contribution in [-0.4, -0.2) is 74.9 Å². The van der Waals surface area contributed by atoms with E-state index in [-0.39, 0.29) is 5.92 Å². The van der Waals surface area contributed by atoms with E-state index in [0.717, 1.165) is 71.2 Å². The van der Waals surface area contributed by atoms with Gasteiger partial charge < -0.3 is 14.4 Å². The van der Waals surface area contributed by atoms with Gasteiger partial charge in [0.25, 0.3) is 0 Å².